The molecule has 1 aromatic rings. The van der Waals surface area contributed by atoms with Crippen molar-refractivity contribution < 1.29 is 38.1 Å². The molecule has 30 heavy (non-hydrogen) atoms. The molecule has 1 fully saturated rings. The molecule has 0 saturated carbocycles. The van der Waals surface area contributed by atoms with Crippen LogP contribution in [0.5, 0.6) is 17.2 Å². The van der Waals surface area contributed by atoms with E-state index in [1.54, 1.807) is 24.3 Å². The summed E-state index contributed by atoms with van der Waals surface area (Å²) in [6.45, 7) is 1.28. The van der Waals surface area contributed by atoms with E-state index in [4.69, 9.17) is 23.7 Å². The molecule has 9 nitrogen and oxygen atoms in total. The standard InChI is InChI=1S/C21H23NO8/c1-11(23)30-15-8-12(6-7-14(15)26-2)18-19(24)21(25)22(18)13-9-16(27-3)20(29-5)17(10-13)28-4/h6,8-10,14,18H,7H2,1-5H3/t14?,18-/m0/s1. The number of carbonyl (C=O) groups excluding carboxylic acids is 3. The van der Waals surface area contributed by atoms with Crippen molar-refractivity contribution in [2.75, 3.05) is 33.3 Å². The largest absolute Gasteiger partial charge is 0.493 e. The van der Waals surface area contributed by atoms with Crippen molar-refractivity contribution >= 4 is 23.3 Å². The van der Waals surface area contributed by atoms with Crippen LogP contribution in [0.3, 0.4) is 0 Å². The van der Waals surface area contributed by atoms with Crippen LogP contribution in [0.4, 0.5) is 5.69 Å². The van der Waals surface area contributed by atoms with E-state index in [2.05, 4.69) is 0 Å². The summed E-state index contributed by atoms with van der Waals surface area (Å²) in [5, 5.41) is 0. The molecule has 1 aromatic carbocycles. The smallest absolute Gasteiger partial charge is 0.307 e. The third-order valence-electron chi connectivity index (χ3n) is 4.92. The fourth-order valence-electron chi connectivity index (χ4n) is 3.52. The lowest BCUT2D eigenvalue weighted by Gasteiger charge is -2.40. The summed E-state index contributed by atoms with van der Waals surface area (Å²) in [6.07, 6.45) is 3.31. The summed E-state index contributed by atoms with van der Waals surface area (Å²) in [7, 11) is 5.90. The maximum absolute atomic E-state index is 12.5. The van der Waals surface area contributed by atoms with Crippen LogP contribution in [0.25, 0.3) is 0 Å². The molecule has 160 valence electrons. The molecule has 9 heteroatoms. The van der Waals surface area contributed by atoms with E-state index in [9.17, 15) is 14.4 Å². The van der Waals surface area contributed by atoms with Crippen molar-refractivity contribution in [3.63, 3.8) is 0 Å². The SMILES string of the molecule is COc1cc(N2C(=O)C(=O)[C@@H]2C2=CCC(OC)C(OC(C)=O)=C2)cc(OC)c1OC. The van der Waals surface area contributed by atoms with Gasteiger partial charge in [0, 0.05) is 26.2 Å². The minimum Gasteiger partial charge on any atom is -0.493 e. The van der Waals surface area contributed by atoms with Gasteiger partial charge in [0.1, 0.15) is 17.9 Å². The Morgan fingerprint density at radius 3 is 2.17 bits per heavy atom. The molecule has 2 atom stereocenters. The Bertz CT molecular complexity index is 923. The minimum absolute atomic E-state index is 0.291. The van der Waals surface area contributed by atoms with Crippen LogP contribution in [0.1, 0.15) is 13.3 Å². The van der Waals surface area contributed by atoms with Crippen LogP contribution < -0.4 is 19.1 Å². The quantitative estimate of drug-likeness (QED) is 0.376. The number of nitrogens with zero attached hydrogens (tertiary/aromatic N) is 1. The average Bonchev–Trinajstić information content (AvgIpc) is 2.75. The van der Waals surface area contributed by atoms with Crippen LogP contribution in [0.2, 0.25) is 0 Å². The normalized spacial score (nSPS) is 20.8. The fraction of sp³-hybridized carbons (Fsp3) is 0.381. The number of Topliss-reactive ketones (excluding diaryl/α,β-unsaturated/α-hetero) is 1. The minimum atomic E-state index is -0.858. The summed E-state index contributed by atoms with van der Waals surface area (Å²) in [6, 6.07) is 2.33. The Morgan fingerprint density at radius 1 is 1.03 bits per heavy atom. The molecular weight excluding hydrogens is 394 g/mol. The van der Waals surface area contributed by atoms with Gasteiger partial charge < -0.3 is 23.7 Å². The van der Waals surface area contributed by atoms with Gasteiger partial charge in [0.05, 0.1) is 27.0 Å². The molecule has 1 aliphatic carbocycles. The fourth-order valence-corrected chi connectivity index (χ4v) is 3.52. The number of esters is 1. The molecule has 2 aliphatic rings. The molecule has 1 heterocycles. The Hall–Kier alpha value is -3.33. The van der Waals surface area contributed by atoms with Crippen LogP contribution in [-0.4, -0.2) is 58.2 Å². The van der Waals surface area contributed by atoms with E-state index in [0.717, 1.165) is 0 Å². The van der Waals surface area contributed by atoms with Crippen LogP contribution in [-0.2, 0) is 23.9 Å². The molecule has 1 saturated heterocycles. The Balaban J connectivity index is 2.00. The third-order valence-corrected chi connectivity index (χ3v) is 4.92. The predicted molar refractivity (Wildman–Crippen MR) is 106 cm³/mol. The number of hydrogen-bond acceptors (Lipinski definition) is 8. The highest BCUT2D eigenvalue weighted by atomic mass is 16.6. The van der Waals surface area contributed by atoms with E-state index < -0.39 is 29.8 Å². The van der Waals surface area contributed by atoms with E-state index in [0.29, 0.717) is 40.7 Å². The maximum atomic E-state index is 12.5. The van der Waals surface area contributed by atoms with E-state index in [1.807, 2.05) is 0 Å². The number of hydrogen-bond donors (Lipinski definition) is 0. The zero-order valence-electron chi connectivity index (χ0n) is 17.4. The van der Waals surface area contributed by atoms with Crippen molar-refractivity contribution in [2.24, 2.45) is 0 Å². The molecule has 0 radical (unpaired) electrons. The van der Waals surface area contributed by atoms with Gasteiger partial charge in [-0.2, -0.15) is 0 Å². The third kappa shape index (κ3) is 3.63. The molecule has 0 N–H and O–H groups in total. The number of ketones is 1. The summed E-state index contributed by atoms with van der Waals surface area (Å²) in [4.78, 5) is 37.7. The second kappa shape index (κ2) is 8.58. The Kier molecular flexibility index (Phi) is 6.12. The highest BCUT2D eigenvalue weighted by molar-refractivity contribution is 6.52. The summed E-state index contributed by atoms with van der Waals surface area (Å²) in [5.74, 6) is -0.356. The van der Waals surface area contributed by atoms with Gasteiger partial charge in [-0.3, -0.25) is 19.3 Å². The lowest BCUT2D eigenvalue weighted by atomic mass is 9.87. The maximum Gasteiger partial charge on any atom is 0.307 e. The van der Waals surface area contributed by atoms with E-state index in [-0.39, 0.29) is 0 Å². The molecule has 3 rings (SSSR count). The first kappa shape index (κ1) is 21.4. The van der Waals surface area contributed by atoms with Gasteiger partial charge in [0.15, 0.2) is 11.5 Å². The number of amides is 1. The first-order valence-corrected chi connectivity index (χ1v) is 9.16. The number of rotatable bonds is 7. The molecule has 1 amide bonds. The number of methoxy groups -OCH3 is 4. The summed E-state index contributed by atoms with van der Waals surface area (Å²) in [5.41, 5.74) is 0.953. The zero-order chi connectivity index (χ0) is 22.0. The predicted octanol–water partition coefficient (Wildman–Crippen LogP) is 1.79. The van der Waals surface area contributed by atoms with Crippen LogP contribution >= 0.6 is 0 Å². The van der Waals surface area contributed by atoms with Gasteiger partial charge in [-0.1, -0.05) is 6.08 Å². The van der Waals surface area contributed by atoms with Gasteiger partial charge in [-0.05, 0) is 18.1 Å². The molecule has 0 aromatic heterocycles. The Morgan fingerprint density at radius 2 is 1.67 bits per heavy atom. The van der Waals surface area contributed by atoms with Crippen molar-refractivity contribution in [1.82, 2.24) is 0 Å². The van der Waals surface area contributed by atoms with Gasteiger partial charge >= 0.3 is 5.97 Å². The van der Waals surface area contributed by atoms with Crippen LogP contribution in [0, 0.1) is 0 Å². The highest BCUT2D eigenvalue weighted by Crippen LogP contribution is 2.43. The number of carbonyl (C=O) groups is 3. The topological polar surface area (TPSA) is 101 Å². The van der Waals surface area contributed by atoms with E-state index in [1.165, 1.54) is 40.3 Å². The lowest BCUT2D eigenvalue weighted by Crippen LogP contribution is -2.63. The summed E-state index contributed by atoms with van der Waals surface area (Å²) < 4.78 is 26.6. The molecular formula is C21H23NO8. The number of benzene rings is 1. The molecule has 0 spiro atoms. The molecule has 1 unspecified atom stereocenters. The zero-order valence-corrected chi connectivity index (χ0v) is 17.4. The average molecular weight is 417 g/mol. The second-order valence-corrected chi connectivity index (χ2v) is 6.63. The van der Waals surface area contributed by atoms with Crippen molar-refractivity contribution in [2.45, 2.75) is 25.5 Å². The van der Waals surface area contributed by atoms with Gasteiger partial charge in [0.25, 0.3) is 5.91 Å². The first-order chi connectivity index (χ1) is 14.4. The van der Waals surface area contributed by atoms with Crippen LogP contribution in [0.15, 0.2) is 35.6 Å². The number of β-lactam (4-membered cyclic amide) rings is 1. The van der Waals surface area contributed by atoms with Gasteiger partial charge in [0.2, 0.25) is 11.5 Å². The molecule has 1 aliphatic heterocycles. The second-order valence-electron chi connectivity index (χ2n) is 6.63. The van der Waals surface area contributed by atoms with E-state index >= 15 is 0 Å². The Labute approximate surface area is 173 Å². The first-order valence-electron chi connectivity index (χ1n) is 9.16. The number of anilines is 1. The summed E-state index contributed by atoms with van der Waals surface area (Å²) >= 11 is 0. The molecule has 0 bridgehead atoms. The van der Waals surface area contributed by atoms with Gasteiger partial charge in [-0.15, -0.1) is 0 Å². The monoisotopic (exact) mass is 417 g/mol. The number of ether oxygens (including phenoxy) is 5. The lowest BCUT2D eigenvalue weighted by molar-refractivity contribution is -0.142. The van der Waals surface area contributed by atoms with Crippen molar-refractivity contribution in [1.29, 1.82) is 0 Å². The van der Waals surface area contributed by atoms with Crippen molar-refractivity contribution in [3.05, 3.63) is 35.6 Å². The highest BCUT2D eigenvalue weighted by Gasteiger charge is 2.49. The van der Waals surface area contributed by atoms with Crippen molar-refractivity contribution in [3.8, 4) is 17.2 Å². The van der Waals surface area contributed by atoms with Gasteiger partial charge in [-0.25, -0.2) is 0 Å².